The molecule has 0 bridgehead atoms. The van der Waals surface area contributed by atoms with Crippen LogP contribution in [0.3, 0.4) is 0 Å². The van der Waals surface area contributed by atoms with E-state index in [1.54, 1.807) is 49.7 Å². The van der Waals surface area contributed by atoms with Crippen molar-refractivity contribution in [2.24, 2.45) is 0 Å². The molecule has 0 aliphatic rings. The lowest BCUT2D eigenvalue weighted by molar-refractivity contribution is 0.0949. The smallest absolute Gasteiger partial charge is 0.257 e. The number of pyridine rings is 1. The molecule has 0 saturated carbocycles. The van der Waals surface area contributed by atoms with Gasteiger partial charge in [0, 0.05) is 35.8 Å². The van der Waals surface area contributed by atoms with Crippen LogP contribution in [0.15, 0.2) is 85.2 Å². The van der Waals surface area contributed by atoms with E-state index in [0.717, 1.165) is 22.1 Å². The summed E-state index contributed by atoms with van der Waals surface area (Å²) in [6, 6.07) is 22.0. The van der Waals surface area contributed by atoms with Crippen molar-refractivity contribution in [3.8, 4) is 5.75 Å². The number of fused-ring (bicyclic) bond motifs is 1. The minimum absolute atomic E-state index is 0.243. The van der Waals surface area contributed by atoms with Gasteiger partial charge in [0.15, 0.2) is 0 Å². The molecular weight excluding hydrogens is 390 g/mol. The van der Waals surface area contributed by atoms with Crippen molar-refractivity contribution in [1.82, 2.24) is 10.3 Å². The summed E-state index contributed by atoms with van der Waals surface area (Å²) in [5.74, 6) is 0.190. The zero-order chi connectivity index (χ0) is 21.6. The van der Waals surface area contributed by atoms with Crippen LogP contribution in [0.1, 0.15) is 26.3 Å². The van der Waals surface area contributed by atoms with Crippen molar-refractivity contribution in [2.45, 2.75) is 6.54 Å². The van der Waals surface area contributed by atoms with Crippen LogP contribution >= 0.6 is 0 Å². The molecule has 2 amide bonds. The molecule has 0 atom stereocenters. The lowest BCUT2D eigenvalue weighted by atomic mass is 10.0. The number of nitrogens with zero attached hydrogens (tertiary/aromatic N) is 1. The molecule has 0 aliphatic carbocycles. The highest BCUT2D eigenvalue weighted by Gasteiger charge is 2.12. The van der Waals surface area contributed by atoms with Crippen LogP contribution in [0, 0.1) is 0 Å². The average Bonchev–Trinajstić information content (AvgIpc) is 2.83. The predicted molar refractivity (Wildman–Crippen MR) is 120 cm³/mol. The maximum absolute atomic E-state index is 12.8. The van der Waals surface area contributed by atoms with E-state index in [4.69, 9.17) is 4.74 Å². The number of methoxy groups -OCH3 is 1. The Balaban J connectivity index is 1.49. The van der Waals surface area contributed by atoms with E-state index < -0.39 is 0 Å². The van der Waals surface area contributed by atoms with Crippen molar-refractivity contribution >= 4 is 28.3 Å². The average molecular weight is 411 g/mol. The number of rotatable bonds is 6. The third-order valence-corrected chi connectivity index (χ3v) is 4.95. The van der Waals surface area contributed by atoms with Crippen molar-refractivity contribution in [3.63, 3.8) is 0 Å². The second kappa shape index (κ2) is 9.09. The number of carbonyl (C=O) groups is 2. The zero-order valence-corrected chi connectivity index (χ0v) is 17.0. The molecule has 2 N–H and O–H groups in total. The van der Waals surface area contributed by atoms with E-state index in [9.17, 15) is 9.59 Å². The van der Waals surface area contributed by atoms with Gasteiger partial charge in [0.05, 0.1) is 12.7 Å². The number of anilines is 1. The maximum atomic E-state index is 12.8. The molecule has 1 heterocycles. The number of nitrogens with one attached hydrogen (secondary N) is 2. The first-order valence-corrected chi connectivity index (χ1v) is 9.80. The van der Waals surface area contributed by atoms with Gasteiger partial charge in [-0.25, -0.2) is 0 Å². The number of hydrogen-bond donors (Lipinski definition) is 2. The summed E-state index contributed by atoms with van der Waals surface area (Å²) >= 11 is 0. The summed E-state index contributed by atoms with van der Waals surface area (Å²) in [5, 5.41) is 7.85. The van der Waals surface area contributed by atoms with Crippen LogP contribution < -0.4 is 15.4 Å². The fourth-order valence-electron chi connectivity index (χ4n) is 3.40. The fraction of sp³-hybridized carbons (Fsp3) is 0.0800. The Bertz CT molecular complexity index is 1240. The van der Waals surface area contributed by atoms with Crippen LogP contribution in [0.25, 0.3) is 10.8 Å². The lowest BCUT2D eigenvalue weighted by Gasteiger charge is -2.13. The standard InChI is InChI=1S/C25H21N3O3/c1-31-23-12-11-17-6-2-3-10-21(17)22(23)16-27-24(29)18-7-4-9-20(14-18)28-25(30)19-8-5-13-26-15-19/h2-15H,16H2,1H3,(H,27,29)(H,28,30). The first kappa shape index (κ1) is 20.1. The molecule has 0 radical (unpaired) electrons. The van der Waals surface area contributed by atoms with Gasteiger partial charge in [0.25, 0.3) is 11.8 Å². The van der Waals surface area contributed by atoms with Gasteiger partial charge >= 0.3 is 0 Å². The number of carbonyl (C=O) groups excluding carboxylic acids is 2. The normalized spacial score (nSPS) is 10.5. The summed E-state index contributed by atoms with van der Waals surface area (Å²) in [6.45, 7) is 0.315. The summed E-state index contributed by atoms with van der Waals surface area (Å²) in [5.41, 5.74) is 2.34. The van der Waals surface area contributed by atoms with Crippen molar-refractivity contribution in [1.29, 1.82) is 0 Å². The summed E-state index contributed by atoms with van der Waals surface area (Å²) in [7, 11) is 1.61. The van der Waals surface area contributed by atoms with E-state index >= 15 is 0 Å². The maximum Gasteiger partial charge on any atom is 0.257 e. The van der Waals surface area contributed by atoms with Crippen LogP contribution in [0.5, 0.6) is 5.75 Å². The van der Waals surface area contributed by atoms with Crippen LogP contribution in [0.2, 0.25) is 0 Å². The minimum Gasteiger partial charge on any atom is -0.496 e. The Labute approximate surface area is 179 Å². The Morgan fingerprint density at radius 1 is 0.903 bits per heavy atom. The first-order chi connectivity index (χ1) is 15.2. The molecule has 4 aromatic rings. The minimum atomic E-state index is -0.286. The molecule has 0 spiro atoms. The van der Waals surface area contributed by atoms with Gasteiger partial charge in [-0.3, -0.25) is 14.6 Å². The highest BCUT2D eigenvalue weighted by molar-refractivity contribution is 6.05. The topological polar surface area (TPSA) is 80.3 Å². The van der Waals surface area contributed by atoms with Gasteiger partial charge < -0.3 is 15.4 Å². The number of amides is 2. The third-order valence-electron chi connectivity index (χ3n) is 4.95. The van der Waals surface area contributed by atoms with Crippen molar-refractivity contribution in [2.75, 3.05) is 12.4 Å². The van der Waals surface area contributed by atoms with E-state index in [1.165, 1.54) is 6.20 Å². The fourth-order valence-corrected chi connectivity index (χ4v) is 3.40. The van der Waals surface area contributed by atoms with Crippen LogP contribution in [0.4, 0.5) is 5.69 Å². The SMILES string of the molecule is COc1ccc2ccccc2c1CNC(=O)c1cccc(NC(=O)c2cccnc2)c1. The van der Waals surface area contributed by atoms with Gasteiger partial charge in [-0.05, 0) is 47.2 Å². The predicted octanol–water partition coefficient (Wildman–Crippen LogP) is 4.43. The summed E-state index contributed by atoms with van der Waals surface area (Å²) in [4.78, 5) is 29.1. The lowest BCUT2D eigenvalue weighted by Crippen LogP contribution is -2.23. The molecule has 154 valence electrons. The van der Waals surface area contributed by atoms with Crippen molar-refractivity contribution in [3.05, 3.63) is 102 Å². The molecule has 1 aromatic heterocycles. The molecule has 3 aromatic carbocycles. The van der Waals surface area contributed by atoms with E-state index in [2.05, 4.69) is 15.6 Å². The second-order valence-corrected chi connectivity index (χ2v) is 6.93. The number of aromatic nitrogens is 1. The highest BCUT2D eigenvalue weighted by Crippen LogP contribution is 2.28. The Morgan fingerprint density at radius 2 is 1.74 bits per heavy atom. The number of benzene rings is 3. The molecule has 0 unspecified atom stereocenters. The number of ether oxygens (including phenoxy) is 1. The Kier molecular flexibility index (Phi) is 5.89. The molecule has 0 fully saturated rings. The molecule has 4 rings (SSSR count). The second-order valence-electron chi connectivity index (χ2n) is 6.93. The molecule has 0 saturated heterocycles. The Hall–Kier alpha value is -4.19. The zero-order valence-electron chi connectivity index (χ0n) is 17.0. The highest BCUT2D eigenvalue weighted by atomic mass is 16.5. The quantitative estimate of drug-likeness (QED) is 0.492. The molecule has 0 aliphatic heterocycles. The summed E-state index contributed by atoms with van der Waals surface area (Å²) in [6.07, 6.45) is 3.09. The van der Waals surface area contributed by atoms with E-state index in [1.807, 2.05) is 36.4 Å². The van der Waals surface area contributed by atoms with Gasteiger partial charge in [0.1, 0.15) is 5.75 Å². The van der Waals surface area contributed by atoms with Crippen LogP contribution in [-0.2, 0) is 6.54 Å². The van der Waals surface area contributed by atoms with Gasteiger partial charge in [0.2, 0.25) is 0 Å². The van der Waals surface area contributed by atoms with Crippen LogP contribution in [-0.4, -0.2) is 23.9 Å². The molecular formula is C25H21N3O3. The van der Waals surface area contributed by atoms with Gasteiger partial charge in [-0.1, -0.05) is 36.4 Å². The number of hydrogen-bond acceptors (Lipinski definition) is 4. The molecule has 6 heteroatoms. The van der Waals surface area contributed by atoms with Crippen molar-refractivity contribution < 1.29 is 14.3 Å². The first-order valence-electron chi connectivity index (χ1n) is 9.80. The monoisotopic (exact) mass is 411 g/mol. The largest absolute Gasteiger partial charge is 0.496 e. The summed E-state index contributed by atoms with van der Waals surface area (Å²) < 4.78 is 5.49. The molecule has 6 nitrogen and oxygen atoms in total. The van der Waals surface area contributed by atoms with E-state index in [-0.39, 0.29) is 11.8 Å². The third kappa shape index (κ3) is 4.53. The van der Waals surface area contributed by atoms with Gasteiger partial charge in [-0.2, -0.15) is 0 Å². The van der Waals surface area contributed by atoms with E-state index in [0.29, 0.717) is 23.4 Å². The molecule has 31 heavy (non-hydrogen) atoms. The Morgan fingerprint density at radius 3 is 2.55 bits per heavy atom. The van der Waals surface area contributed by atoms with Gasteiger partial charge in [-0.15, -0.1) is 0 Å².